The SMILES string of the molecule is C=C(C)C(=O)OCCCC.C=C([CH2-])C(=O)[O-].[NH4+].[Na+]. The molecule has 0 aromatic heterocycles. The molecule has 0 aliphatic rings. The standard InChI is InChI=1S/C8H14O2.C4H5O2.H3N.Na/c1-4-5-6-10-8(9)7(2)3;1-3(2)4(5)6;;/h2,4-6H2,1,3H3;1-2H2,(H,5,6);1H3;/q;-1;;+1. The van der Waals surface area contributed by atoms with Gasteiger partial charge in [-0.2, -0.15) is 19.1 Å². The van der Waals surface area contributed by atoms with Crippen LogP contribution in [0.4, 0.5) is 0 Å². The van der Waals surface area contributed by atoms with Crippen LogP contribution >= 0.6 is 0 Å². The van der Waals surface area contributed by atoms with E-state index in [9.17, 15) is 14.7 Å². The van der Waals surface area contributed by atoms with Crippen LogP contribution in [0.25, 0.3) is 0 Å². The van der Waals surface area contributed by atoms with Crippen molar-refractivity contribution in [3.63, 3.8) is 0 Å². The van der Waals surface area contributed by atoms with Crippen LogP contribution in [0.15, 0.2) is 24.3 Å². The number of hydrogen-bond donors (Lipinski definition) is 1. The van der Waals surface area contributed by atoms with Gasteiger partial charge in [-0.05, 0) is 13.3 Å². The molecule has 0 heterocycles. The minimum Gasteiger partial charge on any atom is -0.622 e. The second kappa shape index (κ2) is 16.2. The van der Waals surface area contributed by atoms with Gasteiger partial charge in [0, 0.05) is 5.57 Å². The molecular formula is C12H22NNaO4. The van der Waals surface area contributed by atoms with Crippen molar-refractivity contribution >= 4 is 11.9 Å². The van der Waals surface area contributed by atoms with Crippen LogP contribution in [0.1, 0.15) is 26.7 Å². The zero-order valence-corrected chi connectivity index (χ0v) is 13.9. The maximum atomic E-state index is 10.7. The van der Waals surface area contributed by atoms with Gasteiger partial charge in [0.25, 0.3) is 0 Å². The zero-order valence-electron chi connectivity index (χ0n) is 11.9. The number of hydrogen-bond acceptors (Lipinski definition) is 4. The van der Waals surface area contributed by atoms with E-state index in [4.69, 9.17) is 4.74 Å². The van der Waals surface area contributed by atoms with E-state index < -0.39 is 5.97 Å². The molecule has 0 fully saturated rings. The molecule has 0 amide bonds. The average molecular weight is 267 g/mol. The van der Waals surface area contributed by atoms with E-state index in [2.05, 4.69) is 27.0 Å². The number of quaternary nitrogens is 1. The summed E-state index contributed by atoms with van der Waals surface area (Å²) in [6.07, 6.45) is 1.97. The molecule has 0 spiro atoms. The molecule has 5 nitrogen and oxygen atoms in total. The third kappa shape index (κ3) is 20.6. The van der Waals surface area contributed by atoms with E-state index in [-0.39, 0.29) is 47.3 Å². The minimum atomic E-state index is -1.30. The number of carboxylic acid groups (broad SMARTS) is 1. The third-order valence-electron chi connectivity index (χ3n) is 1.37. The fourth-order valence-corrected chi connectivity index (χ4v) is 0.432. The summed E-state index contributed by atoms with van der Waals surface area (Å²) in [5.41, 5.74) is 0.283. The van der Waals surface area contributed by atoms with Gasteiger partial charge >= 0.3 is 35.5 Å². The quantitative estimate of drug-likeness (QED) is 0.213. The Morgan fingerprint density at radius 1 is 1.33 bits per heavy atom. The first-order valence-electron chi connectivity index (χ1n) is 4.87. The molecule has 0 radical (unpaired) electrons. The Kier molecular flexibility index (Phi) is 23.4. The first-order valence-corrected chi connectivity index (χ1v) is 4.87. The number of carbonyl (C=O) groups is 2. The smallest absolute Gasteiger partial charge is 0.622 e. The Hall–Kier alpha value is -0.750. The van der Waals surface area contributed by atoms with Gasteiger partial charge in [0.15, 0.2) is 0 Å². The van der Waals surface area contributed by atoms with Crippen molar-refractivity contribution in [2.45, 2.75) is 26.7 Å². The monoisotopic (exact) mass is 267 g/mol. The van der Waals surface area contributed by atoms with Crippen LogP contribution in [0.2, 0.25) is 0 Å². The summed E-state index contributed by atoms with van der Waals surface area (Å²) < 4.78 is 4.81. The van der Waals surface area contributed by atoms with E-state index in [0.717, 1.165) is 12.8 Å². The van der Waals surface area contributed by atoms with Crippen molar-refractivity contribution in [3.05, 3.63) is 31.2 Å². The summed E-state index contributed by atoms with van der Waals surface area (Å²) in [6.45, 7) is 13.6. The molecule has 6 heteroatoms. The summed E-state index contributed by atoms with van der Waals surface area (Å²) in [6, 6.07) is 0. The normalized spacial score (nSPS) is 7.44. The summed E-state index contributed by atoms with van der Waals surface area (Å²) in [5.74, 6) is -1.58. The van der Waals surface area contributed by atoms with Crippen LogP contribution in [-0.4, -0.2) is 18.5 Å². The molecule has 0 unspecified atom stereocenters. The molecule has 100 valence electrons. The Bertz CT molecular complexity index is 265. The van der Waals surface area contributed by atoms with Gasteiger partial charge in [0.05, 0.1) is 6.61 Å². The van der Waals surface area contributed by atoms with Crippen LogP contribution in [0.5, 0.6) is 0 Å². The zero-order chi connectivity index (χ0) is 13.1. The van der Waals surface area contributed by atoms with Gasteiger partial charge in [-0.25, -0.2) is 4.79 Å². The molecule has 0 aliphatic heterocycles. The molecule has 18 heavy (non-hydrogen) atoms. The van der Waals surface area contributed by atoms with Gasteiger partial charge in [0.2, 0.25) is 0 Å². The fourth-order valence-electron chi connectivity index (χ4n) is 0.432. The molecule has 0 aliphatic carbocycles. The number of esters is 1. The van der Waals surface area contributed by atoms with Crippen molar-refractivity contribution in [1.82, 2.24) is 6.15 Å². The number of unbranched alkanes of at least 4 members (excludes halogenated alkanes) is 1. The average Bonchev–Trinajstić information content (AvgIpc) is 2.18. The van der Waals surface area contributed by atoms with Crippen LogP contribution < -0.4 is 40.8 Å². The third-order valence-corrected chi connectivity index (χ3v) is 1.37. The van der Waals surface area contributed by atoms with Gasteiger partial charge < -0.3 is 20.8 Å². The topological polar surface area (TPSA) is 103 Å². The van der Waals surface area contributed by atoms with Crippen molar-refractivity contribution < 1.29 is 49.0 Å². The van der Waals surface area contributed by atoms with Crippen molar-refractivity contribution in [1.29, 1.82) is 0 Å². The van der Waals surface area contributed by atoms with Gasteiger partial charge in [-0.3, -0.25) is 0 Å². The summed E-state index contributed by atoms with van der Waals surface area (Å²) in [4.78, 5) is 20.1. The molecule has 0 saturated carbocycles. The predicted octanol–water partition coefficient (Wildman–Crippen LogP) is -1.59. The minimum absolute atomic E-state index is 0. The predicted molar refractivity (Wildman–Crippen MR) is 66.2 cm³/mol. The molecule has 0 aromatic carbocycles. The number of rotatable bonds is 5. The second-order valence-electron chi connectivity index (χ2n) is 3.16. The molecule has 0 rings (SSSR count). The molecule has 4 N–H and O–H groups in total. The van der Waals surface area contributed by atoms with Crippen LogP contribution in [-0.2, 0) is 14.3 Å². The van der Waals surface area contributed by atoms with Crippen LogP contribution in [0, 0.1) is 6.92 Å². The largest absolute Gasteiger partial charge is 1.00 e. The molecule has 0 saturated heterocycles. The van der Waals surface area contributed by atoms with E-state index in [1.807, 2.05) is 0 Å². The summed E-state index contributed by atoms with van der Waals surface area (Å²) in [7, 11) is 0. The Labute approximate surface area is 131 Å². The molecule has 0 atom stereocenters. The first kappa shape index (κ1) is 25.9. The Balaban J connectivity index is -0.000000108. The van der Waals surface area contributed by atoms with Crippen LogP contribution in [0.3, 0.4) is 0 Å². The number of ether oxygens (including phenoxy) is 1. The summed E-state index contributed by atoms with van der Waals surface area (Å²) >= 11 is 0. The maximum absolute atomic E-state index is 10.7. The second-order valence-corrected chi connectivity index (χ2v) is 3.16. The number of carboxylic acids is 1. The summed E-state index contributed by atoms with van der Waals surface area (Å²) in [5, 5.41) is 9.43. The van der Waals surface area contributed by atoms with Gasteiger partial charge in [-0.1, -0.05) is 25.9 Å². The van der Waals surface area contributed by atoms with E-state index in [1.165, 1.54) is 0 Å². The Morgan fingerprint density at radius 2 is 1.72 bits per heavy atom. The number of carbonyl (C=O) groups excluding carboxylic acids is 2. The van der Waals surface area contributed by atoms with Gasteiger partial charge in [-0.15, -0.1) is 0 Å². The van der Waals surface area contributed by atoms with E-state index in [1.54, 1.807) is 6.92 Å². The molecule has 0 aromatic rings. The van der Waals surface area contributed by atoms with E-state index in [0.29, 0.717) is 12.2 Å². The van der Waals surface area contributed by atoms with Crippen molar-refractivity contribution in [2.24, 2.45) is 0 Å². The first-order chi connectivity index (χ1) is 7.32. The fraction of sp³-hybridized carbons (Fsp3) is 0.417. The number of aliphatic carboxylic acids is 1. The van der Waals surface area contributed by atoms with Crippen molar-refractivity contribution in [2.75, 3.05) is 6.61 Å². The van der Waals surface area contributed by atoms with Gasteiger partial charge in [0.1, 0.15) is 0 Å². The van der Waals surface area contributed by atoms with Crippen molar-refractivity contribution in [3.8, 4) is 0 Å². The maximum Gasteiger partial charge on any atom is 1.00 e. The molecular weight excluding hydrogens is 245 g/mol. The Morgan fingerprint density at radius 3 is 1.94 bits per heavy atom. The molecule has 0 bridgehead atoms. The van der Waals surface area contributed by atoms with E-state index >= 15 is 0 Å².